The lowest BCUT2D eigenvalue weighted by molar-refractivity contribution is 0.145. The Morgan fingerprint density at radius 2 is 1.97 bits per heavy atom. The minimum atomic E-state index is -0.0413. The molecule has 2 rings (SSSR count). The van der Waals surface area contributed by atoms with E-state index in [1.165, 1.54) is 0 Å². The van der Waals surface area contributed by atoms with Crippen LogP contribution in [0.25, 0.3) is 5.57 Å². The van der Waals surface area contributed by atoms with Crippen LogP contribution in [0.4, 0.5) is 0 Å². The number of hydrogen-bond acceptors (Lipinski definition) is 4. The zero-order valence-corrected chi connectivity index (χ0v) is 18.8. The molecule has 1 unspecified atom stereocenters. The first-order valence-electron chi connectivity index (χ1n) is 10.9. The number of amidine groups is 1. The van der Waals surface area contributed by atoms with Crippen LogP contribution in [-0.2, 0) is 4.74 Å². The van der Waals surface area contributed by atoms with Crippen molar-refractivity contribution in [3.05, 3.63) is 66.6 Å². The predicted octanol–water partition coefficient (Wildman–Crippen LogP) is 5.43. The van der Waals surface area contributed by atoms with Crippen molar-refractivity contribution in [3.63, 3.8) is 0 Å². The highest BCUT2D eigenvalue weighted by Crippen LogP contribution is 2.19. The number of aliphatic imine (C=N–C) groups is 1. The molecule has 30 heavy (non-hydrogen) atoms. The molecule has 0 N–H and O–H groups in total. The summed E-state index contributed by atoms with van der Waals surface area (Å²) < 4.78 is 11.8. The molecular formula is C25H35N3O2. The van der Waals surface area contributed by atoms with Crippen molar-refractivity contribution in [2.45, 2.75) is 46.1 Å². The Bertz CT molecular complexity index is 776. The number of aromatic nitrogens is 1. The Balaban J connectivity index is 1.86. The second kappa shape index (κ2) is 13.4. The topological polar surface area (TPSA) is 47.0 Å². The Kier molecular flexibility index (Phi) is 10.5. The van der Waals surface area contributed by atoms with E-state index in [2.05, 4.69) is 55.1 Å². The number of likely N-dealkylation sites (N-methyl/N-ethyl adjacent to an activating group) is 1. The molecular weight excluding hydrogens is 374 g/mol. The van der Waals surface area contributed by atoms with Crippen molar-refractivity contribution >= 4 is 11.6 Å². The van der Waals surface area contributed by atoms with Crippen LogP contribution >= 0.6 is 0 Å². The highest BCUT2D eigenvalue weighted by molar-refractivity contribution is 5.75. The number of hydrogen-bond donors (Lipinski definition) is 0. The minimum Gasteiger partial charge on any atom is -0.488 e. The third-order valence-corrected chi connectivity index (χ3v) is 4.45. The Morgan fingerprint density at radius 3 is 2.67 bits per heavy atom. The fraction of sp³-hybridized carbons (Fsp3) is 0.440. The fourth-order valence-corrected chi connectivity index (χ4v) is 2.94. The van der Waals surface area contributed by atoms with Crippen molar-refractivity contribution in [3.8, 4) is 5.75 Å². The van der Waals surface area contributed by atoms with Gasteiger partial charge in [-0.3, -0.25) is 4.98 Å². The maximum atomic E-state index is 5.92. The highest BCUT2D eigenvalue weighted by Gasteiger charge is 2.27. The van der Waals surface area contributed by atoms with Gasteiger partial charge in [0.1, 0.15) is 12.4 Å². The molecule has 0 aliphatic carbocycles. The summed E-state index contributed by atoms with van der Waals surface area (Å²) in [4.78, 5) is 11.1. The van der Waals surface area contributed by atoms with Crippen LogP contribution < -0.4 is 4.74 Å². The number of ether oxygens (including phenoxy) is 2. The van der Waals surface area contributed by atoms with E-state index in [4.69, 9.17) is 9.47 Å². The Morgan fingerprint density at radius 1 is 1.17 bits per heavy atom. The van der Waals surface area contributed by atoms with E-state index in [0.29, 0.717) is 19.2 Å². The quantitative estimate of drug-likeness (QED) is 0.457. The van der Waals surface area contributed by atoms with Crippen LogP contribution in [0, 0.1) is 0 Å². The predicted molar refractivity (Wildman–Crippen MR) is 126 cm³/mol. The van der Waals surface area contributed by atoms with Crippen molar-refractivity contribution in [1.82, 2.24) is 9.88 Å². The largest absolute Gasteiger partial charge is 0.488 e. The van der Waals surface area contributed by atoms with Gasteiger partial charge >= 0.3 is 0 Å². The number of allylic oxidation sites excluding steroid dienone is 7. The van der Waals surface area contributed by atoms with Crippen LogP contribution in [0.1, 0.15) is 45.7 Å². The molecule has 162 valence electrons. The molecule has 1 aromatic heterocycles. The van der Waals surface area contributed by atoms with Crippen LogP contribution in [0.5, 0.6) is 5.75 Å². The summed E-state index contributed by atoms with van der Waals surface area (Å²) >= 11 is 0. The van der Waals surface area contributed by atoms with Crippen LogP contribution in [0.3, 0.4) is 0 Å². The summed E-state index contributed by atoms with van der Waals surface area (Å²) in [7, 11) is 1.99. The molecule has 0 bridgehead atoms. The van der Waals surface area contributed by atoms with Gasteiger partial charge in [0.25, 0.3) is 6.02 Å². The van der Waals surface area contributed by atoms with Gasteiger partial charge in [-0.1, -0.05) is 63.3 Å². The van der Waals surface area contributed by atoms with Gasteiger partial charge in [-0.05, 0) is 37.0 Å². The molecule has 1 fully saturated rings. The van der Waals surface area contributed by atoms with E-state index in [9.17, 15) is 0 Å². The standard InChI is InChI=1S/C25H35N3O2/c1-5-8-10-11-12-17-26-25-28(4)19-23(30-25)20-29-22-15-16-24(27-18-22)21(13-7-3)14-9-6-2/h8-16,18,23H,5-7,17,19-20H2,1-4H3/b10-8-,12-11-,14-9-,21-13+,26-25?. The van der Waals surface area contributed by atoms with Crippen molar-refractivity contribution in [2.24, 2.45) is 4.99 Å². The van der Waals surface area contributed by atoms with E-state index < -0.39 is 0 Å². The first-order valence-corrected chi connectivity index (χ1v) is 10.9. The smallest absolute Gasteiger partial charge is 0.287 e. The summed E-state index contributed by atoms with van der Waals surface area (Å²) in [5.74, 6) is 0.747. The Labute approximate surface area is 181 Å². The molecule has 0 radical (unpaired) electrons. The van der Waals surface area contributed by atoms with E-state index in [1.807, 2.05) is 42.3 Å². The normalized spacial score (nSPS) is 18.9. The van der Waals surface area contributed by atoms with E-state index >= 15 is 0 Å². The summed E-state index contributed by atoms with van der Waals surface area (Å²) in [6, 6.07) is 4.64. The molecule has 0 aromatic carbocycles. The minimum absolute atomic E-state index is 0.0413. The van der Waals surface area contributed by atoms with E-state index in [0.717, 1.165) is 42.8 Å². The van der Waals surface area contributed by atoms with Gasteiger partial charge in [-0.15, -0.1) is 0 Å². The summed E-state index contributed by atoms with van der Waals surface area (Å²) in [5, 5.41) is 0. The molecule has 1 saturated heterocycles. The van der Waals surface area contributed by atoms with Crippen molar-refractivity contribution in [1.29, 1.82) is 0 Å². The second-order valence-electron chi connectivity index (χ2n) is 7.08. The van der Waals surface area contributed by atoms with Gasteiger partial charge < -0.3 is 14.4 Å². The lowest BCUT2D eigenvalue weighted by Gasteiger charge is -2.11. The zero-order chi connectivity index (χ0) is 21.6. The van der Waals surface area contributed by atoms with Crippen LogP contribution in [0.15, 0.2) is 65.9 Å². The Hall–Kier alpha value is -2.82. The summed E-state index contributed by atoms with van der Waals surface area (Å²) in [5.41, 5.74) is 2.11. The monoisotopic (exact) mass is 409 g/mol. The average molecular weight is 410 g/mol. The van der Waals surface area contributed by atoms with E-state index in [-0.39, 0.29) is 6.10 Å². The van der Waals surface area contributed by atoms with Gasteiger partial charge in [0, 0.05) is 7.05 Å². The lowest BCUT2D eigenvalue weighted by Crippen LogP contribution is -2.23. The molecule has 1 atom stereocenters. The molecule has 2 heterocycles. The first kappa shape index (κ1) is 23.5. The number of rotatable bonds is 11. The van der Waals surface area contributed by atoms with Gasteiger partial charge in [0.15, 0.2) is 6.10 Å². The maximum absolute atomic E-state index is 5.92. The summed E-state index contributed by atoms with van der Waals surface area (Å²) in [6.45, 7) is 8.21. The van der Waals surface area contributed by atoms with E-state index in [1.54, 1.807) is 6.20 Å². The van der Waals surface area contributed by atoms with Gasteiger partial charge in [0.2, 0.25) is 0 Å². The summed E-state index contributed by atoms with van der Waals surface area (Å²) in [6.07, 6.45) is 19.4. The first-order chi connectivity index (χ1) is 14.7. The third kappa shape index (κ3) is 7.90. The lowest BCUT2D eigenvalue weighted by atomic mass is 10.1. The van der Waals surface area contributed by atoms with Gasteiger partial charge in [-0.25, -0.2) is 4.99 Å². The maximum Gasteiger partial charge on any atom is 0.287 e. The van der Waals surface area contributed by atoms with Gasteiger partial charge in [-0.2, -0.15) is 0 Å². The molecule has 1 aromatic rings. The average Bonchev–Trinajstić information content (AvgIpc) is 3.12. The molecule has 0 amide bonds. The molecule has 1 aliphatic heterocycles. The van der Waals surface area contributed by atoms with Crippen molar-refractivity contribution in [2.75, 3.05) is 26.7 Å². The van der Waals surface area contributed by atoms with Crippen LogP contribution in [-0.4, -0.2) is 48.8 Å². The van der Waals surface area contributed by atoms with Gasteiger partial charge in [0.05, 0.1) is 25.0 Å². The zero-order valence-electron chi connectivity index (χ0n) is 18.8. The fourth-order valence-electron chi connectivity index (χ4n) is 2.94. The highest BCUT2D eigenvalue weighted by atomic mass is 16.6. The second-order valence-corrected chi connectivity index (χ2v) is 7.08. The molecule has 0 spiro atoms. The third-order valence-electron chi connectivity index (χ3n) is 4.45. The molecule has 0 saturated carbocycles. The molecule has 1 aliphatic rings. The SMILES string of the molecule is CC/C=C\C=C/CN=C1OC(COc2ccc(C(/C=C\CC)=C/CC)nc2)CN1C. The van der Waals surface area contributed by atoms with Crippen molar-refractivity contribution < 1.29 is 9.47 Å². The van der Waals surface area contributed by atoms with Crippen LogP contribution in [0.2, 0.25) is 0 Å². The molecule has 5 nitrogen and oxygen atoms in total. The number of nitrogens with zero attached hydrogens (tertiary/aromatic N) is 3. The number of pyridine rings is 1. The molecule has 5 heteroatoms.